The Hall–Kier alpha value is -2.75. The molecule has 0 fully saturated rings. The van der Waals surface area contributed by atoms with E-state index in [4.69, 9.17) is 4.74 Å². The number of hydrogen-bond donors (Lipinski definition) is 1. The van der Waals surface area contributed by atoms with Crippen molar-refractivity contribution in [1.82, 2.24) is 9.88 Å². The van der Waals surface area contributed by atoms with E-state index in [9.17, 15) is 4.79 Å². The molecular weight excluding hydrogens is 324 g/mol. The molecule has 3 aromatic rings. The van der Waals surface area contributed by atoms with Crippen LogP contribution >= 0.6 is 0 Å². The SMILES string of the molecule is CC(C)(C)OC(=O)N1CCc2[nH]c3ccc(-c4ccccc4)cc3c2C1. The summed E-state index contributed by atoms with van der Waals surface area (Å²) in [4.78, 5) is 17.8. The molecule has 0 radical (unpaired) electrons. The second kappa shape index (κ2) is 6.20. The largest absolute Gasteiger partial charge is 0.444 e. The van der Waals surface area contributed by atoms with Crippen LogP contribution in [-0.4, -0.2) is 28.1 Å². The van der Waals surface area contributed by atoms with E-state index in [0.717, 1.165) is 11.9 Å². The van der Waals surface area contributed by atoms with Gasteiger partial charge in [-0.2, -0.15) is 0 Å². The van der Waals surface area contributed by atoms with Crippen molar-refractivity contribution in [1.29, 1.82) is 0 Å². The Morgan fingerprint density at radius 2 is 1.85 bits per heavy atom. The maximum absolute atomic E-state index is 12.5. The van der Waals surface area contributed by atoms with Gasteiger partial charge in [-0.15, -0.1) is 0 Å². The van der Waals surface area contributed by atoms with E-state index in [0.29, 0.717) is 13.1 Å². The number of hydrogen-bond acceptors (Lipinski definition) is 2. The van der Waals surface area contributed by atoms with Crippen molar-refractivity contribution < 1.29 is 9.53 Å². The summed E-state index contributed by atoms with van der Waals surface area (Å²) in [5, 5.41) is 1.19. The number of H-pyrrole nitrogens is 1. The predicted octanol–water partition coefficient (Wildman–Crippen LogP) is 5.13. The highest BCUT2D eigenvalue weighted by molar-refractivity contribution is 5.89. The van der Waals surface area contributed by atoms with E-state index in [-0.39, 0.29) is 6.09 Å². The Balaban J connectivity index is 1.68. The molecule has 26 heavy (non-hydrogen) atoms. The predicted molar refractivity (Wildman–Crippen MR) is 104 cm³/mol. The Kier molecular flexibility index (Phi) is 3.98. The molecule has 0 bridgehead atoms. The third-order valence-electron chi connectivity index (χ3n) is 4.73. The fourth-order valence-corrected chi connectivity index (χ4v) is 3.51. The molecule has 2 heterocycles. The molecule has 0 unspecified atom stereocenters. The number of carbonyl (C=O) groups excluding carboxylic acids is 1. The fraction of sp³-hybridized carbons (Fsp3) is 0.318. The quantitative estimate of drug-likeness (QED) is 0.663. The zero-order valence-electron chi connectivity index (χ0n) is 15.5. The molecule has 1 aliphatic heterocycles. The zero-order valence-corrected chi connectivity index (χ0v) is 15.5. The van der Waals surface area contributed by atoms with E-state index in [1.165, 1.54) is 27.8 Å². The Morgan fingerprint density at radius 1 is 1.08 bits per heavy atom. The molecule has 134 valence electrons. The standard InChI is InChI=1S/C22H24N2O2/c1-22(2,3)26-21(25)24-12-11-20-18(14-24)17-13-16(9-10-19(17)23-20)15-7-5-4-6-8-15/h4-10,13,23H,11-12,14H2,1-3H3. The van der Waals surface area contributed by atoms with Crippen LogP contribution in [0.4, 0.5) is 4.79 Å². The number of aromatic amines is 1. The summed E-state index contributed by atoms with van der Waals surface area (Å²) in [6.07, 6.45) is 0.584. The summed E-state index contributed by atoms with van der Waals surface area (Å²) in [5.41, 5.74) is 5.47. The van der Waals surface area contributed by atoms with Crippen LogP contribution in [0.1, 0.15) is 32.0 Å². The number of carbonyl (C=O) groups is 1. The lowest BCUT2D eigenvalue weighted by atomic mass is 10.00. The van der Waals surface area contributed by atoms with Gasteiger partial charge in [0.2, 0.25) is 0 Å². The fourth-order valence-electron chi connectivity index (χ4n) is 3.51. The van der Waals surface area contributed by atoms with Crippen molar-refractivity contribution in [2.24, 2.45) is 0 Å². The number of ether oxygens (including phenoxy) is 1. The Morgan fingerprint density at radius 3 is 2.58 bits per heavy atom. The van der Waals surface area contributed by atoms with E-state index < -0.39 is 5.60 Å². The van der Waals surface area contributed by atoms with E-state index in [2.05, 4.69) is 47.4 Å². The first-order chi connectivity index (χ1) is 12.4. The van der Waals surface area contributed by atoms with Gasteiger partial charge in [0, 0.05) is 35.1 Å². The van der Waals surface area contributed by atoms with Gasteiger partial charge >= 0.3 is 6.09 Å². The van der Waals surface area contributed by atoms with Crippen molar-refractivity contribution >= 4 is 17.0 Å². The molecular formula is C22H24N2O2. The molecule has 0 saturated carbocycles. The third kappa shape index (κ3) is 3.19. The van der Waals surface area contributed by atoms with Gasteiger partial charge in [0.05, 0.1) is 6.54 Å². The molecule has 1 amide bonds. The Bertz CT molecular complexity index is 951. The minimum absolute atomic E-state index is 0.239. The van der Waals surface area contributed by atoms with E-state index in [1.807, 2.05) is 26.8 Å². The lowest BCUT2D eigenvalue weighted by Crippen LogP contribution is -2.39. The lowest BCUT2D eigenvalue weighted by Gasteiger charge is -2.30. The molecule has 4 heteroatoms. The molecule has 1 aliphatic rings. The van der Waals surface area contributed by atoms with Gasteiger partial charge in [0.15, 0.2) is 0 Å². The number of nitrogens with one attached hydrogen (secondary N) is 1. The smallest absolute Gasteiger partial charge is 0.410 e. The maximum atomic E-state index is 12.5. The van der Waals surface area contributed by atoms with Gasteiger partial charge in [0.1, 0.15) is 5.60 Å². The van der Waals surface area contributed by atoms with Crippen molar-refractivity contribution in [3.8, 4) is 11.1 Å². The molecule has 1 N–H and O–H groups in total. The average molecular weight is 348 g/mol. The summed E-state index contributed by atoms with van der Waals surface area (Å²) in [5.74, 6) is 0. The highest BCUT2D eigenvalue weighted by Crippen LogP contribution is 2.32. The third-order valence-corrected chi connectivity index (χ3v) is 4.73. The number of fused-ring (bicyclic) bond motifs is 3. The number of aromatic nitrogens is 1. The summed E-state index contributed by atoms with van der Waals surface area (Å²) in [7, 11) is 0. The van der Waals surface area contributed by atoms with Gasteiger partial charge < -0.3 is 14.6 Å². The summed E-state index contributed by atoms with van der Waals surface area (Å²) in [6.45, 7) is 6.97. The lowest BCUT2D eigenvalue weighted by molar-refractivity contribution is 0.0224. The van der Waals surface area contributed by atoms with Crippen molar-refractivity contribution in [2.75, 3.05) is 6.54 Å². The first-order valence-electron chi connectivity index (χ1n) is 9.07. The summed E-state index contributed by atoms with van der Waals surface area (Å²) in [6, 6.07) is 16.9. The van der Waals surface area contributed by atoms with Gasteiger partial charge in [-0.05, 0) is 44.0 Å². The zero-order chi connectivity index (χ0) is 18.3. The molecule has 4 rings (SSSR count). The monoisotopic (exact) mass is 348 g/mol. The van der Waals surface area contributed by atoms with Crippen LogP contribution in [0.3, 0.4) is 0 Å². The minimum atomic E-state index is -0.474. The number of amides is 1. The average Bonchev–Trinajstić information content (AvgIpc) is 2.98. The summed E-state index contributed by atoms with van der Waals surface area (Å²) >= 11 is 0. The molecule has 0 spiro atoms. The molecule has 0 aliphatic carbocycles. The molecule has 2 aromatic carbocycles. The van der Waals surface area contributed by atoms with E-state index >= 15 is 0 Å². The van der Waals surface area contributed by atoms with Gasteiger partial charge in [-0.3, -0.25) is 0 Å². The first kappa shape index (κ1) is 16.7. The van der Waals surface area contributed by atoms with Gasteiger partial charge in [-0.25, -0.2) is 4.79 Å². The normalized spacial score (nSPS) is 14.3. The minimum Gasteiger partial charge on any atom is -0.444 e. The molecule has 1 aromatic heterocycles. The van der Waals surface area contributed by atoms with Crippen molar-refractivity contribution in [3.05, 3.63) is 59.8 Å². The van der Waals surface area contributed by atoms with Crippen LogP contribution < -0.4 is 0 Å². The highest BCUT2D eigenvalue weighted by Gasteiger charge is 2.27. The molecule has 4 nitrogen and oxygen atoms in total. The van der Waals surface area contributed by atoms with Crippen LogP contribution in [-0.2, 0) is 17.7 Å². The summed E-state index contributed by atoms with van der Waals surface area (Å²) < 4.78 is 5.55. The van der Waals surface area contributed by atoms with Crippen LogP contribution in [0.2, 0.25) is 0 Å². The molecule has 0 saturated heterocycles. The van der Waals surface area contributed by atoms with Gasteiger partial charge in [-0.1, -0.05) is 36.4 Å². The molecule has 0 atom stereocenters. The highest BCUT2D eigenvalue weighted by atomic mass is 16.6. The van der Waals surface area contributed by atoms with Crippen LogP contribution in [0, 0.1) is 0 Å². The van der Waals surface area contributed by atoms with Crippen LogP contribution in [0.25, 0.3) is 22.0 Å². The van der Waals surface area contributed by atoms with E-state index in [1.54, 1.807) is 4.90 Å². The maximum Gasteiger partial charge on any atom is 0.410 e. The van der Waals surface area contributed by atoms with Crippen molar-refractivity contribution in [2.45, 2.75) is 39.3 Å². The number of benzene rings is 2. The first-order valence-corrected chi connectivity index (χ1v) is 9.07. The van der Waals surface area contributed by atoms with Crippen molar-refractivity contribution in [3.63, 3.8) is 0 Å². The number of nitrogens with zero attached hydrogens (tertiary/aromatic N) is 1. The number of rotatable bonds is 1. The van der Waals surface area contributed by atoms with Crippen LogP contribution in [0.5, 0.6) is 0 Å². The Labute approximate surface area is 153 Å². The van der Waals surface area contributed by atoms with Crippen LogP contribution in [0.15, 0.2) is 48.5 Å². The van der Waals surface area contributed by atoms with Gasteiger partial charge in [0.25, 0.3) is 0 Å². The second-order valence-electron chi connectivity index (χ2n) is 7.86. The second-order valence-corrected chi connectivity index (χ2v) is 7.86. The topological polar surface area (TPSA) is 45.3 Å².